The highest BCUT2D eigenvalue weighted by atomic mass is 16.7. The van der Waals surface area contributed by atoms with E-state index in [0.717, 1.165) is 6.21 Å². The zero-order chi connectivity index (χ0) is 16.5. The molecule has 0 amide bonds. The van der Waals surface area contributed by atoms with Crippen molar-refractivity contribution in [1.82, 2.24) is 5.32 Å². The molecule has 1 heterocycles. The van der Waals surface area contributed by atoms with Crippen LogP contribution in [-0.2, 0) is 9.31 Å². The molecule has 0 bridgehead atoms. The van der Waals surface area contributed by atoms with Crippen LogP contribution in [0.1, 0.15) is 41.5 Å². The SMILES string of the molecule is CC(C)(CN/C=C(\C=N)B1OC(C)(C)C(C)(C)O1)[N+](=O)[O-]. The van der Waals surface area contributed by atoms with Gasteiger partial charge in [-0.05, 0) is 33.9 Å². The number of hydrogen-bond donors (Lipinski definition) is 2. The van der Waals surface area contributed by atoms with Crippen LogP contribution >= 0.6 is 0 Å². The minimum Gasteiger partial charge on any atom is -0.399 e. The van der Waals surface area contributed by atoms with Gasteiger partial charge in [0.1, 0.15) is 0 Å². The minimum atomic E-state index is -1.08. The molecule has 8 heteroatoms. The molecule has 0 aromatic carbocycles. The maximum absolute atomic E-state index is 10.8. The summed E-state index contributed by atoms with van der Waals surface area (Å²) in [5, 5.41) is 21.2. The van der Waals surface area contributed by atoms with Gasteiger partial charge in [0.05, 0.1) is 17.7 Å². The number of hydrogen-bond acceptors (Lipinski definition) is 6. The first-order chi connectivity index (χ1) is 9.43. The van der Waals surface area contributed by atoms with Crippen LogP contribution < -0.4 is 5.32 Å². The van der Waals surface area contributed by atoms with Gasteiger partial charge >= 0.3 is 7.12 Å². The number of nitrogens with one attached hydrogen (secondary N) is 2. The summed E-state index contributed by atoms with van der Waals surface area (Å²) in [6.07, 6.45) is 2.68. The average molecular weight is 297 g/mol. The fourth-order valence-corrected chi connectivity index (χ4v) is 1.64. The van der Waals surface area contributed by atoms with Crippen molar-refractivity contribution in [3.63, 3.8) is 0 Å². The molecular weight excluding hydrogens is 273 g/mol. The molecule has 0 saturated carbocycles. The first-order valence-electron chi connectivity index (χ1n) is 6.87. The van der Waals surface area contributed by atoms with Crippen LogP contribution in [0.25, 0.3) is 0 Å². The summed E-state index contributed by atoms with van der Waals surface area (Å²) in [6, 6.07) is 0. The molecule has 7 nitrogen and oxygen atoms in total. The maximum atomic E-state index is 10.8. The Morgan fingerprint density at radius 1 is 1.33 bits per heavy atom. The number of nitro groups is 1. The van der Waals surface area contributed by atoms with Crippen molar-refractivity contribution >= 4 is 13.3 Å². The lowest BCUT2D eigenvalue weighted by atomic mass is 9.79. The van der Waals surface area contributed by atoms with Crippen LogP contribution in [0.2, 0.25) is 0 Å². The monoisotopic (exact) mass is 297 g/mol. The van der Waals surface area contributed by atoms with Gasteiger partial charge in [0.2, 0.25) is 5.54 Å². The van der Waals surface area contributed by atoms with E-state index >= 15 is 0 Å². The van der Waals surface area contributed by atoms with E-state index in [0.29, 0.717) is 5.47 Å². The second-order valence-corrected chi connectivity index (χ2v) is 6.83. The minimum absolute atomic E-state index is 0.150. The quantitative estimate of drug-likeness (QED) is 0.337. The van der Waals surface area contributed by atoms with Gasteiger partial charge in [0.15, 0.2) is 0 Å². The first kappa shape index (κ1) is 17.6. The standard InChI is InChI=1S/C13H24BN3O4/c1-11(2,17(18)19)9-16-8-10(7-15)14-20-12(3,4)13(5,6)21-14/h7-8,15-16H,9H2,1-6H3/b10-8+,15-7?. The van der Waals surface area contributed by atoms with E-state index in [9.17, 15) is 10.1 Å². The van der Waals surface area contributed by atoms with E-state index in [4.69, 9.17) is 14.7 Å². The fourth-order valence-electron chi connectivity index (χ4n) is 1.64. The van der Waals surface area contributed by atoms with Crippen molar-refractivity contribution in [2.24, 2.45) is 0 Å². The lowest BCUT2D eigenvalue weighted by molar-refractivity contribution is -0.557. The Labute approximate surface area is 125 Å². The molecule has 0 aliphatic carbocycles. The Morgan fingerprint density at radius 3 is 2.19 bits per heavy atom. The Morgan fingerprint density at radius 2 is 1.81 bits per heavy atom. The van der Waals surface area contributed by atoms with Crippen molar-refractivity contribution in [3.8, 4) is 0 Å². The first-order valence-corrected chi connectivity index (χ1v) is 6.87. The van der Waals surface area contributed by atoms with Crippen LogP contribution in [0.5, 0.6) is 0 Å². The molecule has 0 aromatic rings. The smallest absolute Gasteiger partial charge is 0.399 e. The Balaban J connectivity index is 2.75. The lowest BCUT2D eigenvalue weighted by Crippen LogP contribution is -2.41. The van der Waals surface area contributed by atoms with Crippen molar-refractivity contribution in [2.75, 3.05) is 6.54 Å². The summed E-state index contributed by atoms with van der Waals surface area (Å²) in [7, 11) is -0.654. The molecule has 2 N–H and O–H groups in total. The average Bonchev–Trinajstić information content (AvgIpc) is 2.53. The summed E-state index contributed by atoms with van der Waals surface area (Å²) in [5.74, 6) is 0. The lowest BCUT2D eigenvalue weighted by Gasteiger charge is -2.32. The Hall–Kier alpha value is -1.41. The number of rotatable bonds is 6. The summed E-state index contributed by atoms with van der Waals surface area (Å²) in [5.41, 5.74) is -1.56. The number of allylic oxidation sites excluding steroid dienone is 1. The Bertz CT molecular complexity index is 444. The second-order valence-electron chi connectivity index (χ2n) is 6.83. The van der Waals surface area contributed by atoms with E-state index in [1.54, 1.807) is 6.20 Å². The second kappa shape index (κ2) is 5.77. The Kier molecular flexibility index (Phi) is 4.85. The molecule has 0 radical (unpaired) electrons. The molecule has 0 aromatic heterocycles. The van der Waals surface area contributed by atoms with Crippen molar-refractivity contribution in [3.05, 3.63) is 21.8 Å². The predicted octanol–water partition coefficient (Wildman–Crippen LogP) is 1.80. The zero-order valence-electron chi connectivity index (χ0n) is 13.5. The molecule has 1 aliphatic rings. The topological polar surface area (TPSA) is 97.5 Å². The van der Waals surface area contributed by atoms with Gasteiger partial charge in [-0.3, -0.25) is 10.1 Å². The van der Waals surface area contributed by atoms with Gasteiger partial charge in [-0.25, -0.2) is 0 Å². The molecule has 0 unspecified atom stereocenters. The van der Waals surface area contributed by atoms with Gasteiger partial charge in [0, 0.05) is 30.5 Å². The van der Waals surface area contributed by atoms with Crippen LogP contribution in [0.15, 0.2) is 11.7 Å². The highest BCUT2D eigenvalue weighted by Gasteiger charge is 2.52. The summed E-state index contributed by atoms with van der Waals surface area (Å²) in [6.45, 7) is 10.9. The molecule has 118 valence electrons. The molecular formula is C13H24BN3O4. The highest BCUT2D eigenvalue weighted by molar-refractivity contribution is 6.60. The zero-order valence-corrected chi connectivity index (χ0v) is 13.5. The van der Waals surface area contributed by atoms with Crippen LogP contribution in [-0.4, -0.2) is 41.5 Å². The fraction of sp³-hybridized carbons (Fsp3) is 0.769. The van der Waals surface area contributed by atoms with Gasteiger partial charge < -0.3 is 20.0 Å². The van der Waals surface area contributed by atoms with Crippen molar-refractivity contribution < 1.29 is 14.2 Å². The van der Waals surface area contributed by atoms with E-state index in [1.807, 2.05) is 27.7 Å². The maximum Gasteiger partial charge on any atom is 0.497 e. The third kappa shape index (κ3) is 3.82. The number of nitrogens with zero attached hydrogens (tertiary/aromatic N) is 1. The van der Waals surface area contributed by atoms with Crippen LogP contribution in [0.3, 0.4) is 0 Å². The third-order valence-electron chi connectivity index (χ3n) is 3.99. The van der Waals surface area contributed by atoms with Gasteiger partial charge in [-0.1, -0.05) is 0 Å². The van der Waals surface area contributed by atoms with Gasteiger partial charge in [-0.2, -0.15) is 0 Å². The highest BCUT2D eigenvalue weighted by Crippen LogP contribution is 2.38. The van der Waals surface area contributed by atoms with Crippen molar-refractivity contribution in [1.29, 1.82) is 5.41 Å². The summed E-state index contributed by atoms with van der Waals surface area (Å²) in [4.78, 5) is 10.5. The van der Waals surface area contributed by atoms with Crippen LogP contribution in [0, 0.1) is 15.5 Å². The van der Waals surface area contributed by atoms with E-state index in [1.165, 1.54) is 13.8 Å². The molecule has 21 heavy (non-hydrogen) atoms. The molecule has 0 spiro atoms. The van der Waals surface area contributed by atoms with Crippen LogP contribution in [0.4, 0.5) is 0 Å². The van der Waals surface area contributed by atoms with E-state index in [2.05, 4.69) is 5.32 Å². The van der Waals surface area contributed by atoms with Crippen molar-refractivity contribution in [2.45, 2.75) is 58.3 Å². The van der Waals surface area contributed by atoms with E-state index in [-0.39, 0.29) is 11.5 Å². The van der Waals surface area contributed by atoms with E-state index < -0.39 is 23.9 Å². The molecule has 1 aliphatic heterocycles. The summed E-state index contributed by atoms with van der Waals surface area (Å²) < 4.78 is 11.7. The normalized spacial score (nSPS) is 21.2. The summed E-state index contributed by atoms with van der Waals surface area (Å²) >= 11 is 0. The third-order valence-corrected chi connectivity index (χ3v) is 3.99. The van der Waals surface area contributed by atoms with Gasteiger partial charge in [0.25, 0.3) is 0 Å². The predicted molar refractivity (Wildman–Crippen MR) is 82.0 cm³/mol. The van der Waals surface area contributed by atoms with Gasteiger partial charge in [-0.15, -0.1) is 0 Å². The largest absolute Gasteiger partial charge is 0.497 e. The molecule has 1 saturated heterocycles. The molecule has 0 atom stereocenters. The molecule has 1 fully saturated rings. The molecule has 1 rings (SSSR count).